The van der Waals surface area contributed by atoms with E-state index in [1.54, 1.807) is 0 Å². The van der Waals surface area contributed by atoms with Crippen molar-refractivity contribution in [2.24, 2.45) is 17.8 Å². The molecule has 2 aliphatic rings. The molecule has 0 aromatic rings. The molecule has 0 aliphatic heterocycles. The van der Waals surface area contributed by atoms with Gasteiger partial charge in [0.15, 0.2) is 0 Å². The molecule has 2 N–H and O–H groups in total. The molecule has 0 bridgehead atoms. The molecule has 90 valence electrons. The first-order valence-electron chi connectivity index (χ1n) is 6.11. The number of carboxylic acid groups (broad SMARTS) is 1. The Kier molecular flexibility index (Phi) is 3.17. The smallest absolute Gasteiger partial charge is 0.307 e. The Bertz CT molecular complexity index is 299. The van der Waals surface area contributed by atoms with Crippen molar-refractivity contribution >= 4 is 11.9 Å². The molecular formula is C12H19NO3. The largest absolute Gasteiger partial charge is 0.481 e. The first-order chi connectivity index (χ1) is 7.58. The van der Waals surface area contributed by atoms with E-state index in [0.29, 0.717) is 18.4 Å². The van der Waals surface area contributed by atoms with Crippen LogP contribution < -0.4 is 5.32 Å². The average molecular weight is 225 g/mol. The van der Waals surface area contributed by atoms with E-state index < -0.39 is 11.9 Å². The van der Waals surface area contributed by atoms with Crippen molar-refractivity contribution in [3.8, 4) is 0 Å². The Balaban J connectivity index is 1.95. The van der Waals surface area contributed by atoms with E-state index in [4.69, 9.17) is 5.11 Å². The summed E-state index contributed by atoms with van der Waals surface area (Å²) in [5, 5.41) is 12.0. The van der Waals surface area contributed by atoms with E-state index in [9.17, 15) is 9.59 Å². The van der Waals surface area contributed by atoms with Crippen molar-refractivity contribution in [3.05, 3.63) is 0 Å². The van der Waals surface area contributed by atoms with E-state index in [0.717, 1.165) is 19.3 Å². The fourth-order valence-corrected chi connectivity index (χ4v) is 2.72. The van der Waals surface area contributed by atoms with Crippen molar-refractivity contribution in [1.29, 1.82) is 0 Å². The molecule has 0 aromatic heterocycles. The monoisotopic (exact) mass is 225 g/mol. The Labute approximate surface area is 95.4 Å². The maximum Gasteiger partial charge on any atom is 0.307 e. The molecule has 2 rings (SSSR count). The van der Waals surface area contributed by atoms with Gasteiger partial charge in [-0.15, -0.1) is 0 Å². The summed E-state index contributed by atoms with van der Waals surface area (Å²) < 4.78 is 0. The lowest BCUT2D eigenvalue weighted by Crippen LogP contribution is -2.44. The highest BCUT2D eigenvalue weighted by Gasteiger charge is 2.41. The van der Waals surface area contributed by atoms with Crippen LogP contribution in [0.1, 0.15) is 39.0 Å². The molecule has 0 heterocycles. The Morgan fingerprint density at radius 2 is 1.81 bits per heavy atom. The maximum absolute atomic E-state index is 11.9. The molecule has 0 saturated heterocycles. The summed E-state index contributed by atoms with van der Waals surface area (Å²) >= 11 is 0. The minimum atomic E-state index is -0.821. The first-order valence-corrected chi connectivity index (χ1v) is 6.11. The lowest BCUT2D eigenvalue weighted by atomic mass is 9.90. The fourth-order valence-electron chi connectivity index (χ4n) is 2.72. The highest BCUT2D eigenvalue weighted by atomic mass is 16.4. The first kappa shape index (κ1) is 11.4. The second kappa shape index (κ2) is 4.44. The quantitative estimate of drug-likeness (QED) is 0.763. The minimum Gasteiger partial charge on any atom is -0.481 e. The van der Waals surface area contributed by atoms with Crippen LogP contribution in [-0.4, -0.2) is 23.0 Å². The summed E-state index contributed by atoms with van der Waals surface area (Å²) in [5.74, 6) is -1.30. The van der Waals surface area contributed by atoms with Gasteiger partial charge in [0.1, 0.15) is 0 Å². The topological polar surface area (TPSA) is 66.4 Å². The molecule has 0 radical (unpaired) electrons. The SMILES string of the molecule is CC1C[C@H](C(=O)NC2CCC2)[C@H](C(=O)O)C1. The number of hydrogen-bond donors (Lipinski definition) is 2. The molecule has 2 aliphatic carbocycles. The predicted molar refractivity (Wildman–Crippen MR) is 58.8 cm³/mol. The third-order valence-electron chi connectivity index (χ3n) is 3.90. The zero-order valence-electron chi connectivity index (χ0n) is 9.61. The van der Waals surface area contributed by atoms with Crippen LogP contribution in [-0.2, 0) is 9.59 Å². The normalized spacial score (nSPS) is 34.4. The number of carbonyl (C=O) groups is 2. The zero-order chi connectivity index (χ0) is 11.7. The molecule has 2 fully saturated rings. The number of amides is 1. The number of nitrogens with one attached hydrogen (secondary N) is 1. The van der Waals surface area contributed by atoms with Crippen LogP contribution in [0.15, 0.2) is 0 Å². The molecule has 16 heavy (non-hydrogen) atoms. The van der Waals surface area contributed by atoms with Crippen molar-refractivity contribution in [1.82, 2.24) is 5.32 Å². The molecule has 1 unspecified atom stereocenters. The van der Waals surface area contributed by atoms with Crippen LogP contribution >= 0.6 is 0 Å². The van der Waals surface area contributed by atoms with E-state index in [-0.39, 0.29) is 11.8 Å². The summed E-state index contributed by atoms with van der Waals surface area (Å²) in [7, 11) is 0. The van der Waals surface area contributed by atoms with Crippen LogP contribution in [0.3, 0.4) is 0 Å². The molecular weight excluding hydrogens is 206 g/mol. The zero-order valence-corrected chi connectivity index (χ0v) is 9.61. The van der Waals surface area contributed by atoms with Crippen LogP contribution in [0.4, 0.5) is 0 Å². The number of hydrogen-bond acceptors (Lipinski definition) is 2. The van der Waals surface area contributed by atoms with E-state index in [2.05, 4.69) is 5.32 Å². The maximum atomic E-state index is 11.9. The summed E-state index contributed by atoms with van der Waals surface area (Å²) in [6.45, 7) is 2.02. The molecule has 4 heteroatoms. The van der Waals surface area contributed by atoms with Gasteiger partial charge in [-0.1, -0.05) is 6.92 Å². The van der Waals surface area contributed by atoms with Gasteiger partial charge in [-0.2, -0.15) is 0 Å². The minimum absolute atomic E-state index is 0.0403. The van der Waals surface area contributed by atoms with Gasteiger partial charge in [-0.05, 0) is 38.0 Å². The molecule has 3 atom stereocenters. The van der Waals surface area contributed by atoms with Crippen LogP contribution in [0.5, 0.6) is 0 Å². The van der Waals surface area contributed by atoms with Crippen LogP contribution in [0, 0.1) is 17.8 Å². The third-order valence-corrected chi connectivity index (χ3v) is 3.90. The standard InChI is InChI=1S/C12H19NO3/c1-7-5-9(10(6-7)12(15)16)11(14)13-8-3-2-4-8/h7-10H,2-6H2,1H3,(H,13,14)(H,15,16)/t7?,9-,10+/m0/s1. The van der Waals surface area contributed by atoms with Gasteiger partial charge in [0.25, 0.3) is 0 Å². The van der Waals surface area contributed by atoms with E-state index in [1.165, 1.54) is 6.42 Å². The van der Waals surface area contributed by atoms with E-state index >= 15 is 0 Å². The van der Waals surface area contributed by atoms with Gasteiger partial charge < -0.3 is 10.4 Å². The van der Waals surface area contributed by atoms with E-state index in [1.807, 2.05) is 6.92 Å². The van der Waals surface area contributed by atoms with Crippen molar-refractivity contribution in [2.45, 2.75) is 45.1 Å². The molecule has 1 amide bonds. The number of carboxylic acids is 1. The van der Waals surface area contributed by atoms with Crippen molar-refractivity contribution in [2.75, 3.05) is 0 Å². The van der Waals surface area contributed by atoms with Gasteiger partial charge in [0.05, 0.1) is 11.8 Å². The number of rotatable bonds is 3. The molecule has 4 nitrogen and oxygen atoms in total. The number of carbonyl (C=O) groups excluding carboxylic acids is 1. The lowest BCUT2D eigenvalue weighted by Gasteiger charge is -2.28. The molecule has 0 spiro atoms. The van der Waals surface area contributed by atoms with Gasteiger partial charge in [-0.3, -0.25) is 9.59 Å². The lowest BCUT2D eigenvalue weighted by molar-refractivity contribution is -0.146. The van der Waals surface area contributed by atoms with Gasteiger partial charge >= 0.3 is 5.97 Å². The molecule has 0 aromatic carbocycles. The summed E-state index contributed by atoms with van der Waals surface area (Å²) in [4.78, 5) is 23.0. The van der Waals surface area contributed by atoms with Gasteiger partial charge in [0.2, 0.25) is 5.91 Å². The van der Waals surface area contributed by atoms with Gasteiger partial charge in [-0.25, -0.2) is 0 Å². The second-order valence-electron chi connectivity index (χ2n) is 5.26. The Morgan fingerprint density at radius 1 is 1.19 bits per heavy atom. The second-order valence-corrected chi connectivity index (χ2v) is 5.26. The summed E-state index contributed by atoms with van der Waals surface area (Å²) in [6, 6.07) is 0.304. The summed E-state index contributed by atoms with van der Waals surface area (Å²) in [6.07, 6.45) is 4.62. The average Bonchev–Trinajstić information content (AvgIpc) is 2.53. The van der Waals surface area contributed by atoms with Crippen LogP contribution in [0.2, 0.25) is 0 Å². The molecule has 2 saturated carbocycles. The Hall–Kier alpha value is -1.06. The third kappa shape index (κ3) is 2.20. The number of aliphatic carboxylic acids is 1. The highest BCUT2D eigenvalue weighted by molar-refractivity contribution is 5.85. The highest BCUT2D eigenvalue weighted by Crippen LogP contribution is 2.36. The summed E-state index contributed by atoms with van der Waals surface area (Å²) in [5.41, 5.74) is 0. The fraction of sp³-hybridized carbons (Fsp3) is 0.833. The predicted octanol–water partition coefficient (Wildman–Crippen LogP) is 1.40. The van der Waals surface area contributed by atoms with Gasteiger partial charge in [0, 0.05) is 6.04 Å². The van der Waals surface area contributed by atoms with Crippen LogP contribution in [0.25, 0.3) is 0 Å². The van der Waals surface area contributed by atoms with Crippen molar-refractivity contribution < 1.29 is 14.7 Å². The Morgan fingerprint density at radius 3 is 2.31 bits per heavy atom. The van der Waals surface area contributed by atoms with Crippen molar-refractivity contribution in [3.63, 3.8) is 0 Å².